The van der Waals surface area contributed by atoms with Crippen molar-refractivity contribution in [3.8, 4) is 11.5 Å². The van der Waals surface area contributed by atoms with E-state index in [9.17, 15) is 5.11 Å². The fraction of sp³-hybridized carbons (Fsp3) is 0.520. The molecule has 0 fully saturated rings. The molecule has 1 N–H and O–H groups in total. The average molecular weight is 401 g/mol. The summed E-state index contributed by atoms with van der Waals surface area (Å²) in [6.07, 6.45) is 0.964. The van der Waals surface area contributed by atoms with E-state index in [1.807, 2.05) is 0 Å². The maximum atomic E-state index is 11.0. The van der Waals surface area contributed by atoms with Crippen molar-refractivity contribution in [1.29, 1.82) is 0 Å². The third-order valence-electron chi connectivity index (χ3n) is 4.70. The van der Waals surface area contributed by atoms with Crippen molar-refractivity contribution in [2.75, 3.05) is 6.61 Å². The number of benzene rings is 2. The van der Waals surface area contributed by atoms with Crippen LogP contribution in [-0.4, -0.2) is 11.7 Å². The molecule has 28 heavy (non-hydrogen) atoms. The number of hydrogen-bond donors (Lipinski definition) is 1. The minimum atomic E-state index is -0.115. The van der Waals surface area contributed by atoms with Gasteiger partial charge in [0, 0.05) is 11.1 Å². The van der Waals surface area contributed by atoms with Gasteiger partial charge in [-0.25, -0.2) is 0 Å². The molecule has 2 aromatic rings. The van der Waals surface area contributed by atoms with Crippen molar-refractivity contribution in [2.45, 2.75) is 89.4 Å². The highest BCUT2D eigenvalue weighted by Crippen LogP contribution is 2.47. The Morgan fingerprint density at radius 2 is 1.32 bits per heavy atom. The Hall–Kier alpha value is -1.61. The zero-order valence-electron chi connectivity index (χ0n) is 19.0. The Balaban J connectivity index is 2.63. The van der Waals surface area contributed by atoms with Gasteiger partial charge in [0.15, 0.2) is 0 Å². The monoisotopic (exact) mass is 400 g/mol. The zero-order valence-corrected chi connectivity index (χ0v) is 19.8. The summed E-state index contributed by atoms with van der Waals surface area (Å²) in [6, 6.07) is 8.55. The lowest BCUT2D eigenvalue weighted by atomic mass is 9.85. The lowest BCUT2D eigenvalue weighted by molar-refractivity contribution is 0.301. The predicted octanol–water partition coefficient (Wildman–Crippen LogP) is 7.54. The first kappa shape index (κ1) is 22.7. The standard InChI is InChI=1S/C25H36O2S/c1-10-11-27-23-19(25(7,8)9)13-17(3)15-21(23)28-20-14-16(2)12-18(22(20)26)24(4,5)6/h12-15,26H,10-11H2,1-9H3. The Morgan fingerprint density at radius 3 is 1.82 bits per heavy atom. The van der Waals surface area contributed by atoms with E-state index in [-0.39, 0.29) is 10.8 Å². The summed E-state index contributed by atoms with van der Waals surface area (Å²) < 4.78 is 6.24. The SMILES string of the molecule is CCCOc1c(Sc2cc(C)cc(C(C)(C)C)c2O)cc(C)cc1C(C)(C)C. The topological polar surface area (TPSA) is 29.5 Å². The highest BCUT2D eigenvalue weighted by molar-refractivity contribution is 7.99. The Morgan fingerprint density at radius 1 is 0.821 bits per heavy atom. The van der Waals surface area contributed by atoms with Gasteiger partial charge in [-0.1, -0.05) is 72.4 Å². The normalized spacial score (nSPS) is 12.3. The Bertz CT molecular complexity index is 839. The molecule has 2 rings (SSSR count). The number of phenols is 1. The van der Waals surface area contributed by atoms with Gasteiger partial charge in [-0.05, 0) is 54.4 Å². The first-order chi connectivity index (χ1) is 12.8. The van der Waals surface area contributed by atoms with Gasteiger partial charge >= 0.3 is 0 Å². The summed E-state index contributed by atoms with van der Waals surface area (Å²) >= 11 is 1.61. The quantitative estimate of drug-likeness (QED) is 0.562. The van der Waals surface area contributed by atoms with Crippen molar-refractivity contribution >= 4 is 11.8 Å². The number of ether oxygens (including phenoxy) is 1. The van der Waals surface area contributed by atoms with Gasteiger partial charge in [0.25, 0.3) is 0 Å². The van der Waals surface area contributed by atoms with E-state index in [0.717, 1.165) is 33.1 Å². The van der Waals surface area contributed by atoms with Crippen LogP contribution >= 0.6 is 11.8 Å². The fourth-order valence-corrected chi connectivity index (χ4v) is 4.43. The first-order valence-electron chi connectivity index (χ1n) is 10.1. The number of aryl methyl sites for hydroxylation is 2. The van der Waals surface area contributed by atoms with Crippen molar-refractivity contribution in [1.82, 2.24) is 0 Å². The third kappa shape index (κ3) is 5.26. The summed E-state index contributed by atoms with van der Waals surface area (Å²) in [4.78, 5) is 1.95. The molecule has 0 aromatic heterocycles. The van der Waals surface area contributed by atoms with E-state index in [1.54, 1.807) is 11.8 Å². The molecular weight excluding hydrogens is 364 g/mol. The van der Waals surface area contributed by atoms with Crippen LogP contribution in [0.4, 0.5) is 0 Å². The molecular formula is C25H36O2S. The molecule has 0 aliphatic rings. The van der Waals surface area contributed by atoms with Crippen LogP contribution in [0.5, 0.6) is 11.5 Å². The Labute approximate surface area is 175 Å². The second-order valence-electron chi connectivity index (χ2n) is 9.75. The molecule has 0 aliphatic carbocycles. The van der Waals surface area contributed by atoms with Crippen LogP contribution in [0.25, 0.3) is 0 Å². The van der Waals surface area contributed by atoms with Crippen molar-refractivity contribution in [2.24, 2.45) is 0 Å². The molecule has 0 amide bonds. The van der Waals surface area contributed by atoms with Gasteiger partial charge in [-0.2, -0.15) is 0 Å². The van der Waals surface area contributed by atoms with Gasteiger partial charge in [0.2, 0.25) is 0 Å². The molecule has 3 heteroatoms. The van der Waals surface area contributed by atoms with E-state index in [1.165, 1.54) is 11.1 Å². The van der Waals surface area contributed by atoms with Gasteiger partial charge in [-0.15, -0.1) is 0 Å². The highest BCUT2D eigenvalue weighted by atomic mass is 32.2. The van der Waals surface area contributed by atoms with Crippen LogP contribution in [0.1, 0.15) is 77.1 Å². The Kier molecular flexibility index (Phi) is 6.81. The second-order valence-corrected chi connectivity index (χ2v) is 10.8. The minimum absolute atomic E-state index is 0.0182. The van der Waals surface area contributed by atoms with E-state index in [2.05, 4.69) is 86.6 Å². The van der Waals surface area contributed by atoms with Gasteiger partial charge < -0.3 is 9.84 Å². The molecule has 154 valence electrons. The molecule has 2 nitrogen and oxygen atoms in total. The number of aromatic hydroxyl groups is 1. The lowest BCUT2D eigenvalue weighted by Gasteiger charge is -2.26. The van der Waals surface area contributed by atoms with Crippen LogP contribution in [0, 0.1) is 13.8 Å². The lowest BCUT2D eigenvalue weighted by Crippen LogP contribution is -2.15. The van der Waals surface area contributed by atoms with Crippen LogP contribution in [0.3, 0.4) is 0 Å². The minimum Gasteiger partial charge on any atom is -0.506 e. The van der Waals surface area contributed by atoms with Crippen LogP contribution in [0.15, 0.2) is 34.1 Å². The molecule has 0 heterocycles. The molecule has 0 saturated carbocycles. The van der Waals surface area contributed by atoms with Crippen LogP contribution < -0.4 is 4.74 Å². The second kappa shape index (κ2) is 8.41. The van der Waals surface area contributed by atoms with Gasteiger partial charge in [0.05, 0.1) is 16.4 Å². The van der Waals surface area contributed by atoms with E-state index >= 15 is 0 Å². The van der Waals surface area contributed by atoms with Crippen LogP contribution in [-0.2, 0) is 10.8 Å². The molecule has 0 saturated heterocycles. The molecule has 0 aliphatic heterocycles. The maximum absolute atomic E-state index is 11.0. The molecule has 2 aromatic carbocycles. The average Bonchev–Trinajstić information content (AvgIpc) is 2.54. The number of rotatable bonds is 5. The summed E-state index contributed by atoms with van der Waals surface area (Å²) in [5, 5.41) is 11.0. The van der Waals surface area contributed by atoms with Crippen molar-refractivity contribution < 1.29 is 9.84 Å². The summed E-state index contributed by atoms with van der Waals surface area (Å²) in [5.74, 6) is 1.33. The van der Waals surface area contributed by atoms with E-state index in [4.69, 9.17) is 4.74 Å². The predicted molar refractivity (Wildman–Crippen MR) is 121 cm³/mol. The smallest absolute Gasteiger partial charge is 0.136 e. The van der Waals surface area contributed by atoms with Crippen LogP contribution in [0.2, 0.25) is 0 Å². The third-order valence-corrected chi connectivity index (χ3v) is 5.76. The molecule has 0 unspecified atom stereocenters. The van der Waals surface area contributed by atoms with E-state index in [0.29, 0.717) is 12.4 Å². The summed E-state index contributed by atoms with van der Waals surface area (Å²) in [6.45, 7) is 20.1. The van der Waals surface area contributed by atoms with Gasteiger partial charge in [0.1, 0.15) is 11.5 Å². The molecule has 0 bridgehead atoms. The first-order valence-corrected chi connectivity index (χ1v) is 11.0. The number of hydrogen-bond acceptors (Lipinski definition) is 3. The highest BCUT2D eigenvalue weighted by Gasteiger charge is 2.25. The van der Waals surface area contributed by atoms with Crippen molar-refractivity contribution in [3.63, 3.8) is 0 Å². The zero-order chi connectivity index (χ0) is 21.3. The van der Waals surface area contributed by atoms with Gasteiger partial charge in [-0.3, -0.25) is 0 Å². The summed E-state index contributed by atoms with van der Waals surface area (Å²) in [7, 11) is 0. The van der Waals surface area contributed by atoms with E-state index < -0.39 is 0 Å². The molecule has 0 radical (unpaired) electrons. The molecule has 0 spiro atoms. The largest absolute Gasteiger partial charge is 0.506 e. The van der Waals surface area contributed by atoms with Crippen molar-refractivity contribution in [3.05, 3.63) is 46.5 Å². The number of phenolic OH excluding ortho intramolecular Hbond substituents is 1. The fourth-order valence-electron chi connectivity index (χ4n) is 3.24. The maximum Gasteiger partial charge on any atom is 0.136 e. The molecule has 0 atom stereocenters. The summed E-state index contributed by atoms with van der Waals surface area (Å²) in [5.41, 5.74) is 4.43.